The Labute approximate surface area is 109 Å². The molecule has 100 valence electrons. The van der Waals surface area contributed by atoms with Crippen LogP contribution in [0.4, 0.5) is 5.69 Å². The van der Waals surface area contributed by atoms with Gasteiger partial charge in [0.05, 0.1) is 11.4 Å². The second-order valence-corrected chi connectivity index (χ2v) is 6.97. The Morgan fingerprint density at radius 1 is 1.28 bits per heavy atom. The highest BCUT2D eigenvalue weighted by atomic mass is 32.2. The van der Waals surface area contributed by atoms with Gasteiger partial charge < -0.3 is 5.32 Å². The Morgan fingerprint density at radius 3 is 2.44 bits per heavy atom. The quantitative estimate of drug-likeness (QED) is 0.851. The molecule has 5 heteroatoms. The van der Waals surface area contributed by atoms with E-state index in [4.69, 9.17) is 0 Å². The maximum Gasteiger partial charge on any atom is 0.236 e. The Morgan fingerprint density at radius 2 is 1.89 bits per heavy atom. The first-order valence-electron chi connectivity index (χ1n) is 6.26. The van der Waals surface area contributed by atoms with Crippen LogP contribution in [0.2, 0.25) is 0 Å². The molecule has 0 aromatic heterocycles. The van der Waals surface area contributed by atoms with Gasteiger partial charge >= 0.3 is 0 Å². The van der Waals surface area contributed by atoms with Gasteiger partial charge in [0, 0.05) is 19.6 Å². The minimum atomic E-state index is -3.22. The van der Waals surface area contributed by atoms with E-state index in [-0.39, 0.29) is 5.75 Å². The zero-order valence-corrected chi connectivity index (χ0v) is 11.7. The fourth-order valence-corrected chi connectivity index (χ4v) is 2.82. The molecule has 0 aliphatic heterocycles. The molecule has 1 aliphatic rings. The molecule has 1 saturated carbocycles. The summed E-state index contributed by atoms with van der Waals surface area (Å²) < 4.78 is 25.6. The molecule has 0 amide bonds. The molecule has 1 aromatic rings. The molecule has 0 atom stereocenters. The van der Waals surface area contributed by atoms with E-state index in [9.17, 15) is 8.42 Å². The van der Waals surface area contributed by atoms with Crippen molar-refractivity contribution >= 4 is 15.7 Å². The third-order valence-electron chi connectivity index (χ3n) is 3.19. The molecule has 0 unspecified atom stereocenters. The summed E-state index contributed by atoms with van der Waals surface area (Å²) in [7, 11) is -1.61. The van der Waals surface area contributed by atoms with Crippen LogP contribution in [0.3, 0.4) is 0 Å². The monoisotopic (exact) mass is 268 g/mol. The molecule has 1 aromatic carbocycles. The van der Waals surface area contributed by atoms with E-state index in [1.54, 1.807) is 7.05 Å². The molecule has 0 spiro atoms. The zero-order chi connectivity index (χ0) is 13.2. The van der Waals surface area contributed by atoms with Crippen LogP contribution >= 0.6 is 0 Å². The highest BCUT2D eigenvalue weighted by molar-refractivity contribution is 7.92. The van der Waals surface area contributed by atoms with Gasteiger partial charge in [0.25, 0.3) is 0 Å². The highest BCUT2D eigenvalue weighted by Crippen LogP contribution is 2.19. The summed E-state index contributed by atoms with van der Waals surface area (Å²) in [6.45, 7) is 2.51. The summed E-state index contributed by atoms with van der Waals surface area (Å²) in [4.78, 5) is 0. The summed E-state index contributed by atoms with van der Waals surface area (Å²) in [6.07, 6.45) is 2.35. The number of aryl methyl sites for hydroxylation is 1. The molecule has 0 bridgehead atoms. The van der Waals surface area contributed by atoms with Crippen molar-refractivity contribution < 1.29 is 8.42 Å². The molecule has 0 radical (unpaired) electrons. The van der Waals surface area contributed by atoms with Crippen LogP contribution < -0.4 is 9.62 Å². The van der Waals surface area contributed by atoms with Crippen molar-refractivity contribution in [3.05, 3.63) is 29.8 Å². The van der Waals surface area contributed by atoms with Gasteiger partial charge in [-0.2, -0.15) is 0 Å². The topological polar surface area (TPSA) is 49.4 Å². The van der Waals surface area contributed by atoms with Gasteiger partial charge in [-0.25, -0.2) is 8.42 Å². The van der Waals surface area contributed by atoms with E-state index < -0.39 is 10.0 Å². The van der Waals surface area contributed by atoms with Gasteiger partial charge in [0.2, 0.25) is 10.0 Å². The maximum absolute atomic E-state index is 12.1. The summed E-state index contributed by atoms with van der Waals surface area (Å²) in [5, 5.41) is 3.22. The predicted octanol–water partition coefficient (Wildman–Crippen LogP) is 1.51. The molecular formula is C13H20N2O2S. The van der Waals surface area contributed by atoms with Crippen molar-refractivity contribution in [3.63, 3.8) is 0 Å². The van der Waals surface area contributed by atoms with Crippen molar-refractivity contribution in [1.29, 1.82) is 0 Å². The summed E-state index contributed by atoms with van der Waals surface area (Å²) >= 11 is 0. The maximum atomic E-state index is 12.1. The smallest absolute Gasteiger partial charge is 0.236 e. The fraction of sp³-hybridized carbons (Fsp3) is 0.538. The average molecular weight is 268 g/mol. The van der Waals surface area contributed by atoms with Crippen LogP contribution in [0.25, 0.3) is 0 Å². The number of rotatable bonds is 6. The van der Waals surface area contributed by atoms with Crippen LogP contribution in [0.15, 0.2) is 24.3 Å². The lowest BCUT2D eigenvalue weighted by Gasteiger charge is -2.19. The van der Waals surface area contributed by atoms with E-state index >= 15 is 0 Å². The third kappa shape index (κ3) is 3.46. The van der Waals surface area contributed by atoms with Crippen molar-refractivity contribution in [1.82, 2.24) is 5.32 Å². The molecule has 0 heterocycles. The number of hydrogen-bond acceptors (Lipinski definition) is 3. The summed E-state index contributed by atoms with van der Waals surface area (Å²) in [5.74, 6) is 0.147. The standard InChI is InChI=1S/C13H20N2O2S/c1-11-3-7-13(8-4-11)15(2)18(16,17)10-9-14-12-5-6-12/h3-4,7-8,12,14H,5-6,9-10H2,1-2H3. The predicted molar refractivity (Wildman–Crippen MR) is 74.4 cm³/mol. The SMILES string of the molecule is Cc1ccc(N(C)S(=O)(=O)CCNC2CC2)cc1. The van der Waals surface area contributed by atoms with Gasteiger partial charge in [0.1, 0.15) is 0 Å². The van der Waals surface area contributed by atoms with Gasteiger partial charge in [-0.1, -0.05) is 17.7 Å². The van der Waals surface area contributed by atoms with Crippen LogP contribution in [0, 0.1) is 6.92 Å². The lowest BCUT2D eigenvalue weighted by Crippen LogP contribution is -2.34. The molecule has 1 aliphatic carbocycles. The lowest BCUT2D eigenvalue weighted by atomic mass is 10.2. The van der Waals surface area contributed by atoms with Crippen LogP contribution in [0.5, 0.6) is 0 Å². The average Bonchev–Trinajstić information content (AvgIpc) is 3.13. The molecule has 1 N–H and O–H groups in total. The fourth-order valence-electron chi connectivity index (χ4n) is 1.73. The molecule has 2 rings (SSSR count). The summed E-state index contributed by atoms with van der Waals surface area (Å²) in [6, 6.07) is 8.06. The number of anilines is 1. The first-order valence-corrected chi connectivity index (χ1v) is 7.86. The minimum Gasteiger partial charge on any atom is -0.313 e. The Hall–Kier alpha value is -1.07. The zero-order valence-electron chi connectivity index (χ0n) is 10.9. The first-order chi connectivity index (χ1) is 8.49. The Balaban J connectivity index is 1.96. The molecular weight excluding hydrogens is 248 g/mol. The van der Waals surface area contributed by atoms with E-state index in [0.29, 0.717) is 18.3 Å². The number of nitrogens with one attached hydrogen (secondary N) is 1. The van der Waals surface area contributed by atoms with Gasteiger partial charge in [0.15, 0.2) is 0 Å². The van der Waals surface area contributed by atoms with Crippen molar-refractivity contribution in [3.8, 4) is 0 Å². The van der Waals surface area contributed by atoms with E-state index in [0.717, 1.165) is 5.56 Å². The van der Waals surface area contributed by atoms with Crippen molar-refractivity contribution in [2.75, 3.05) is 23.7 Å². The summed E-state index contributed by atoms with van der Waals surface area (Å²) in [5.41, 5.74) is 1.84. The highest BCUT2D eigenvalue weighted by Gasteiger charge is 2.23. The Kier molecular flexibility index (Phi) is 3.92. The second-order valence-electron chi connectivity index (χ2n) is 4.85. The van der Waals surface area contributed by atoms with Gasteiger partial charge in [-0.3, -0.25) is 4.31 Å². The van der Waals surface area contributed by atoms with E-state index in [2.05, 4.69) is 5.32 Å². The number of benzene rings is 1. The third-order valence-corrected chi connectivity index (χ3v) is 4.95. The van der Waals surface area contributed by atoms with Crippen molar-refractivity contribution in [2.45, 2.75) is 25.8 Å². The second kappa shape index (κ2) is 5.28. The van der Waals surface area contributed by atoms with Crippen molar-refractivity contribution in [2.24, 2.45) is 0 Å². The first kappa shape index (κ1) is 13.4. The van der Waals surface area contributed by atoms with Gasteiger partial charge in [-0.05, 0) is 31.9 Å². The number of nitrogens with zero attached hydrogens (tertiary/aromatic N) is 1. The normalized spacial score (nSPS) is 15.7. The lowest BCUT2D eigenvalue weighted by molar-refractivity contribution is 0.589. The Bertz CT molecular complexity index is 492. The largest absolute Gasteiger partial charge is 0.313 e. The molecule has 4 nitrogen and oxygen atoms in total. The number of sulfonamides is 1. The van der Waals surface area contributed by atoms with Crippen LogP contribution in [-0.4, -0.2) is 33.8 Å². The number of hydrogen-bond donors (Lipinski definition) is 1. The van der Waals surface area contributed by atoms with Gasteiger partial charge in [-0.15, -0.1) is 0 Å². The van der Waals surface area contributed by atoms with E-state index in [1.165, 1.54) is 17.1 Å². The molecule has 1 fully saturated rings. The van der Waals surface area contributed by atoms with Crippen LogP contribution in [-0.2, 0) is 10.0 Å². The molecule has 0 saturated heterocycles. The molecule has 18 heavy (non-hydrogen) atoms. The van der Waals surface area contributed by atoms with E-state index in [1.807, 2.05) is 31.2 Å². The van der Waals surface area contributed by atoms with Crippen LogP contribution in [0.1, 0.15) is 18.4 Å². The minimum absolute atomic E-state index is 0.147.